The number of benzene rings is 2. The Morgan fingerprint density at radius 2 is 1.92 bits per heavy atom. The van der Waals surface area contributed by atoms with E-state index in [1.165, 1.54) is 10.3 Å². The molecule has 134 valence electrons. The molecule has 4 rings (SSSR count). The van der Waals surface area contributed by atoms with Crippen molar-refractivity contribution in [3.63, 3.8) is 0 Å². The van der Waals surface area contributed by atoms with Gasteiger partial charge in [0.15, 0.2) is 5.13 Å². The highest BCUT2D eigenvalue weighted by Gasteiger charge is 2.24. The normalized spacial score (nSPS) is 14.8. The molecule has 1 aromatic heterocycles. The summed E-state index contributed by atoms with van der Waals surface area (Å²) in [6.07, 6.45) is 1.04. The molecule has 3 aromatic rings. The lowest BCUT2D eigenvalue weighted by molar-refractivity contribution is 0.0746. The quantitative estimate of drug-likeness (QED) is 0.610. The molecule has 2 heterocycles. The van der Waals surface area contributed by atoms with Gasteiger partial charge < -0.3 is 9.80 Å². The third-order valence-electron chi connectivity index (χ3n) is 4.79. The smallest absolute Gasteiger partial charge is 0.255 e. The van der Waals surface area contributed by atoms with Crippen LogP contribution in [0.1, 0.15) is 22.8 Å². The number of amides is 1. The van der Waals surface area contributed by atoms with E-state index in [0.717, 1.165) is 53.3 Å². The summed E-state index contributed by atoms with van der Waals surface area (Å²) >= 11 is 5.22. The van der Waals surface area contributed by atoms with E-state index in [0.29, 0.717) is 0 Å². The SMILES string of the molecule is CCc1ccc2nc(N3CCN(C(=O)c4ccccc4Br)CC3)sc2c1. The van der Waals surface area contributed by atoms with E-state index >= 15 is 0 Å². The van der Waals surface area contributed by atoms with Gasteiger partial charge in [0.2, 0.25) is 0 Å². The van der Waals surface area contributed by atoms with E-state index in [2.05, 4.69) is 46.0 Å². The largest absolute Gasteiger partial charge is 0.345 e. The van der Waals surface area contributed by atoms with Crippen LogP contribution in [0.15, 0.2) is 46.9 Å². The van der Waals surface area contributed by atoms with Crippen LogP contribution in [0.5, 0.6) is 0 Å². The van der Waals surface area contributed by atoms with Crippen molar-refractivity contribution >= 4 is 48.5 Å². The Morgan fingerprint density at radius 1 is 1.15 bits per heavy atom. The van der Waals surface area contributed by atoms with Crippen LogP contribution in [0, 0.1) is 0 Å². The number of hydrogen-bond acceptors (Lipinski definition) is 4. The van der Waals surface area contributed by atoms with Crippen molar-refractivity contribution in [2.75, 3.05) is 31.1 Å². The maximum absolute atomic E-state index is 12.7. The minimum Gasteiger partial charge on any atom is -0.345 e. The Morgan fingerprint density at radius 3 is 2.65 bits per heavy atom. The molecule has 1 saturated heterocycles. The van der Waals surface area contributed by atoms with Crippen LogP contribution in [-0.2, 0) is 6.42 Å². The highest BCUT2D eigenvalue weighted by Crippen LogP contribution is 2.30. The van der Waals surface area contributed by atoms with Gasteiger partial charge in [0.25, 0.3) is 5.91 Å². The molecule has 0 bridgehead atoms. The molecular formula is C20H20BrN3OS. The zero-order valence-corrected chi connectivity index (χ0v) is 17.0. The van der Waals surface area contributed by atoms with Gasteiger partial charge in [0.1, 0.15) is 0 Å². The van der Waals surface area contributed by atoms with Crippen molar-refractivity contribution in [2.45, 2.75) is 13.3 Å². The summed E-state index contributed by atoms with van der Waals surface area (Å²) < 4.78 is 2.09. The number of fused-ring (bicyclic) bond motifs is 1. The van der Waals surface area contributed by atoms with E-state index in [-0.39, 0.29) is 5.91 Å². The molecule has 1 amide bonds. The maximum atomic E-state index is 12.7. The number of aromatic nitrogens is 1. The number of nitrogens with zero attached hydrogens (tertiary/aromatic N) is 3. The van der Waals surface area contributed by atoms with Crippen LogP contribution in [0.3, 0.4) is 0 Å². The second-order valence-electron chi connectivity index (χ2n) is 6.41. The number of carbonyl (C=O) groups excluding carboxylic acids is 1. The average Bonchev–Trinajstić information content (AvgIpc) is 3.11. The van der Waals surface area contributed by atoms with E-state index in [1.807, 2.05) is 29.2 Å². The first-order valence-corrected chi connectivity index (χ1v) is 10.4. The summed E-state index contributed by atoms with van der Waals surface area (Å²) in [4.78, 5) is 21.7. The van der Waals surface area contributed by atoms with Gasteiger partial charge in [-0.1, -0.05) is 36.5 Å². The first-order valence-electron chi connectivity index (χ1n) is 8.84. The zero-order valence-electron chi connectivity index (χ0n) is 14.6. The Kier molecular flexibility index (Phi) is 4.96. The fourth-order valence-electron chi connectivity index (χ4n) is 3.22. The lowest BCUT2D eigenvalue weighted by Gasteiger charge is -2.34. The number of rotatable bonds is 3. The predicted molar refractivity (Wildman–Crippen MR) is 111 cm³/mol. The molecule has 2 aromatic carbocycles. The molecule has 0 radical (unpaired) electrons. The van der Waals surface area contributed by atoms with Gasteiger partial charge in [-0.2, -0.15) is 0 Å². The van der Waals surface area contributed by atoms with Gasteiger partial charge in [-0.3, -0.25) is 4.79 Å². The van der Waals surface area contributed by atoms with E-state index < -0.39 is 0 Å². The summed E-state index contributed by atoms with van der Waals surface area (Å²) in [5.74, 6) is 0.0917. The standard InChI is InChI=1S/C20H20BrN3OS/c1-2-14-7-8-17-18(13-14)26-20(22-17)24-11-9-23(10-12-24)19(25)15-5-3-4-6-16(15)21/h3-8,13H,2,9-12H2,1H3. The molecule has 6 heteroatoms. The van der Waals surface area contributed by atoms with Gasteiger partial charge in [-0.05, 0) is 52.2 Å². The molecule has 0 saturated carbocycles. The van der Waals surface area contributed by atoms with Crippen LogP contribution < -0.4 is 4.90 Å². The Hall–Kier alpha value is -1.92. The van der Waals surface area contributed by atoms with E-state index in [4.69, 9.17) is 4.98 Å². The van der Waals surface area contributed by atoms with Crippen LogP contribution in [0.2, 0.25) is 0 Å². The van der Waals surface area contributed by atoms with E-state index in [1.54, 1.807) is 11.3 Å². The minimum atomic E-state index is 0.0917. The molecule has 0 spiro atoms. The van der Waals surface area contributed by atoms with Gasteiger partial charge >= 0.3 is 0 Å². The predicted octanol–water partition coefficient (Wildman–Crippen LogP) is 4.58. The highest BCUT2D eigenvalue weighted by molar-refractivity contribution is 9.10. The van der Waals surface area contributed by atoms with Gasteiger partial charge in [-0.25, -0.2) is 4.98 Å². The van der Waals surface area contributed by atoms with Crippen molar-refractivity contribution in [1.82, 2.24) is 9.88 Å². The molecular weight excluding hydrogens is 410 g/mol. The van der Waals surface area contributed by atoms with Gasteiger partial charge in [-0.15, -0.1) is 0 Å². The molecule has 1 aliphatic rings. The number of carbonyl (C=O) groups is 1. The van der Waals surface area contributed by atoms with Crippen LogP contribution >= 0.6 is 27.3 Å². The molecule has 0 unspecified atom stereocenters. The van der Waals surface area contributed by atoms with Crippen LogP contribution in [0.25, 0.3) is 10.2 Å². The van der Waals surface area contributed by atoms with Crippen LogP contribution in [-0.4, -0.2) is 42.0 Å². The number of piperazine rings is 1. The second-order valence-corrected chi connectivity index (χ2v) is 8.27. The number of aryl methyl sites for hydroxylation is 1. The van der Waals surface area contributed by atoms with Crippen LogP contribution in [0.4, 0.5) is 5.13 Å². The van der Waals surface area contributed by atoms with Crippen molar-refractivity contribution in [3.05, 3.63) is 58.1 Å². The van der Waals surface area contributed by atoms with Crippen molar-refractivity contribution < 1.29 is 4.79 Å². The van der Waals surface area contributed by atoms with Crippen molar-refractivity contribution in [1.29, 1.82) is 0 Å². The molecule has 0 aliphatic carbocycles. The Labute approximate surface area is 165 Å². The van der Waals surface area contributed by atoms with E-state index in [9.17, 15) is 4.79 Å². The molecule has 1 aliphatic heterocycles. The number of thiazole rings is 1. The summed E-state index contributed by atoms with van der Waals surface area (Å²) in [6.45, 7) is 5.24. The molecule has 26 heavy (non-hydrogen) atoms. The lowest BCUT2D eigenvalue weighted by Crippen LogP contribution is -2.48. The molecule has 1 fully saturated rings. The Balaban J connectivity index is 1.46. The summed E-state index contributed by atoms with van der Waals surface area (Å²) in [7, 11) is 0. The molecule has 0 atom stereocenters. The Bertz CT molecular complexity index is 947. The number of halogens is 1. The number of hydrogen-bond donors (Lipinski definition) is 0. The third kappa shape index (κ3) is 3.35. The monoisotopic (exact) mass is 429 g/mol. The van der Waals surface area contributed by atoms with Crippen molar-refractivity contribution in [3.8, 4) is 0 Å². The first-order chi connectivity index (χ1) is 12.7. The summed E-state index contributed by atoms with van der Waals surface area (Å²) in [5, 5.41) is 1.06. The fourth-order valence-corrected chi connectivity index (χ4v) is 4.75. The van der Waals surface area contributed by atoms with Crippen molar-refractivity contribution in [2.24, 2.45) is 0 Å². The topological polar surface area (TPSA) is 36.4 Å². The fraction of sp³-hybridized carbons (Fsp3) is 0.300. The zero-order chi connectivity index (χ0) is 18.1. The molecule has 0 N–H and O–H groups in total. The average molecular weight is 430 g/mol. The lowest BCUT2D eigenvalue weighted by atomic mass is 10.2. The van der Waals surface area contributed by atoms with Gasteiger partial charge in [0.05, 0.1) is 15.8 Å². The first kappa shape index (κ1) is 17.5. The summed E-state index contributed by atoms with van der Waals surface area (Å²) in [5.41, 5.74) is 3.14. The second kappa shape index (κ2) is 7.37. The summed E-state index contributed by atoms with van der Waals surface area (Å²) in [6, 6.07) is 14.1. The number of anilines is 1. The maximum Gasteiger partial charge on any atom is 0.255 e. The van der Waals surface area contributed by atoms with Gasteiger partial charge in [0, 0.05) is 30.7 Å². The molecule has 4 nitrogen and oxygen atoms in total. The highest BCUT2D eigenvalue weighted by atomic mass is 79.9. The minimum absolute atomic E-state index is 0.0917. The third-order valence-corrected chi connectivity index (χ3v) is 6.56.